The molecule has 2 aromatic rings. The van der Waals surface area contributed by atoms with E-state index in [4.69, 9.17) is 15.2 Å². The molecule has 2 rings (SSSR count). The first kappa shape index (κ1) is 20.0. The number of alkyl halides is 3. The van der Waals surface area contributed by atoms with Gasteiger partial charge in [0, 0.05) is 11.6 Å². The lowest BCUT2D eigenvalue weighted by Crippen LogP contribution is -2.19. The normalized spacial score (nSPS) is 11.0. The fourth-order valence-corrected chi connectivity index (χ4v) is 2.26. The van der Waals surface area contributed by atoms with Gasteiger partial charge < -0.3 is 20.5 Å². The van der Waals surface area contributed by atoms with E-state index < -0.39 is 34.9 Å². The summed E-state index contributed by atoms with van der Waals surface area (Å²) in [5, 5.41) is 2.27. The molecule has 0 saturated carbocycles. The summed E-state index contributed by atoms with van der Waals surface area (Å²) in [7, 11) is 2.63. The van der Waals surface area contributed by atoms with Crippen LogP contribution in [0.15, 0.2) is 30.3 Å². The van der Waals surface area contributed by atoms with Crippen molar-refractivity contribution < 1.29 is 36.6 Å². The molecule has 10 heteroatoms. The van der Waals surface area contributed by atoms with Gasteiger partial charge in [-0.05, 0) is 24.3 Å². The van der Waals surface area contributed by atoms with Crippen LogP contribution in [0.3, 0.4) is 0 Å². The first-order valence-electron chi connectivity index (χ1n) is 7.32. The smallest absolute Gasteiger partial charge is 0.419 e. The average Bonchev–Trinajstić information content (AvgIpc) is 2.60. The van der Waals surface area contributed by atoms with E-state index in [1.165, 1.54) is 26.4 Å². The number of carbonyl (C=O) groups is 2. The number of rotatable bonds is 5. The molecule has 0 aromatic heterocycles. The lowest BCUT2D eigenvalue weighted by Gasteiger charge is -2.15. The van der Waals surface area contributed by atoms with E-state index >= 15 is 0 Å². The number of hydrogen-bond acceptors (Lipinski definition) is 4. The van der Waals surface area contributed by atoms with E-state index in [2.05, 4.69) is 5.32 Å². The second-order valence-corrected chi connectivity index (χ2v) is 5.26. The number of halogens is 4. The van der Waals surface area contributed by atoms with Crippen LogP contribution in [0.1, 0.15) is 26.3 Å². The van der Waals surface area contributed by atoms with Crippen LogP contribution >= 0.6 is 0 Å². The summed E-state index contributed by atoms with van der Waals surface area (Å²) in [6, 6.07) is 4.22. The van der Waals surface area contributed by atoms with Crippen molar-refractivity contribution >= 4 is 17.5 Å². The largest absolute Gasteiger partial charge is 0.493 e. The second-order valence-electron chi connectivity index (χ2n) is 5.26. The highest BCUT2D eigenvalue weighted by Gasteiger charge is 2.34. The Kier molecular flexibility index (Phi) is 5.58. The predicted molar refractivity (Wildman–Crippen MR) is 87.4 cm³/mol. The van der Waals surface area contributed by atoms with Crippen molar-refractivity contribution in [2.75, 3.05) is 19.5 Å². The molecule has 0 fully saturated rings. The molecule has 0 spiro atoms. The summed E-state index contributed by atoms with van der Waals surface area (Å²) < 4.78 is 61.9. The van der Waals surface area contributed by atoms with Gasteiger partial charge >= 0.3 is 6.18 Å². The minimum atomic E-state index is -4.97. The van der Waals surface area contributed by atoms with Gasteiger partial charge in [0.15, 0.2) is 11.5 Å². The monoisotopic (exact) mass is 386 g/mol. The van der Waals surface area contributed by atoms with Crippen molar-refractivity contribution in [2.45, 2.75) is 6.18 Å². The van der Waals surface area contributed by atoms with Gasteiger partial charge in [-0.2, -0.15) is 13.2 Å². The molecule has 0 unspecified atom stereocenters. The van der Waals surface area contributed by atoms with E-state index in [0.717, 1.165) is 6.07 Å². The second kappa shape index (κ2) is 7.52. The quantitative estimate of drug-likeness (QED) is 0.772. The van der Waals surface area contributed by atoms with Crippen LogP contribution in [0.4, 0.5) is 23.2 Å². The molecule has 2 aromatic carbocycles. The summed E-state index contributed by atoms with van der Waals surface area (Å²) in [4.78, 5) is 23.9. The summed E-state index contributed by atoms with van der Waals surface area (Å²) in [6.45, 7) is 0. The van der Waals surface area contributed by atoms with Crippen molar-refractivity contribution in [1.82, 2.24) is 0 Å². The summed E-state index contributed by atoms with van der Waals surface area (Å²) in [6.07, 6.45) is -4.97. The molecule has 0 radical (unpaired) electrons. The summed E-state index contributed by atoms with van der Waals surface area (Å²) in [5.41, 5.74) is 2.95. The highest BCUT2D eigenvalue weighted by molar-refractivity contribution is 6.09. The lowest BCUT2D eigenvalue weighted by atomic mass is 10.1. The van der Waals surface area contributed by atoms with Crippen LogP contribution in [-0.4, -0.2) is 26.0 Å². The molecule has 27 heavy (non-hydrogen) atoms. The molecule has 3 N–H and O–H groups in total. The highest BCUT2D eigenvalue weighted by atomic mass is 19.4. The number of hydrogen-bond donors (Lipinski definition) is 2. The van der Waals surface area contributed by atoms with Gasteiger partial charge in [0.1, 0.15) is 5.82 Å². The number of methoxy groups -OCH3 is 2. The lowest BCUT2D eigenvalue weighted by molar-refractivity contribution is -0.140. The Hall–Kier alpha value is -3.30. The molecule has 2 amide bonds. The van der Waals surface area contributed by atoms with Crippen LogP contribution in [0.5, 0.6) is 11.5 Å². The van der Waals surface area contributed by atoms with Gasteiger partial charge in [0.25, 0.3) is 11.8 Å². The maximum absolute atomic E-state index is 13.4. The van der Waals surface area contributed by atoms with Crippen LogP contribution in [0.25, 0.3) is 0 Å². The highest BCUT2D eigenvalue weighted by Crippen LogP contribution is 2.34. The molecule has 0 aliphatic carbocycles. The van der Waals surface area contributed by atoms with Gasteiger partial charge in [-0.15, -0.1) is 0 Å². The average molecular weight is 386 g/mol. The van der Waals surface area contributed by atoms with Crippen LogP contribution in [-0.2, 0) is 6.18 Å². The van der Waals surface area contributed by atoms with E-state index in [1.54, 1.807) is 0 Å². The third-order valence-corrected chi connectivity index (χ3v) is 3.57. The molecule has 0 heterocycles. The first-order chi connectivity index (χ1) is 12.6. The number of carbonyl (C=O) groups excluding carboxylic acids is 2. The minimum absolute atomic E-state index is 0.108. The predicted octanol–water partition coefficient (Wildman–Crippen LogP) is 3.21. The van der Waals surface area contributed by atoms with Crippen molar-refractivity contribution in [1.29, 1.82) is 0 Å². The number of nitrogens with two attached hydrogens (primary N) is 1. The van der Waals surface area contributed by atoms with Gasteiger partial charge in [-0.3, -0.25) is 9.59 Å². The van der Waals surface area contributed by atoms with Crippen molar-refractivity contribution in [3.8, 4) is 11.5 Å². The fourth-order valence-electron chi connectivity index (χ4n) is 2.26. The molecule has 0 aliphatic rings. The molecule has 0 bridgehead atoms. The van der Waals surface area contributed by atoms with Gasteiger partial charge in [0.2, 0.25) is 0 Å². The first-order valence-corrected chi connectivity index (χ1v) is 7.32. The third-order valence-electron chi connectivity index (χ3n) is 3.57. The van der Waals surface area contributed by atoms with E-state index in [0.29, 0.717) is 12.1 Å². The van der Waals surface area contributed by atoms with Crippen molar-refractivity contribution in [3.05, 3.63) is 52.8 Å². The zero-order valence-electron chi connectivity index (χ0n) is 14.1. The Morgan fingerprint density at radius 1 is 1.04 bits per heavy atom. The van der Waals surface area contributed by atoms with Crippen LogP contribution < -0.4 is 20.5 Å². The SMILES string of the molecule is COc1cc(NC(=O)c2ccc(F)c(C(F)(F)F)c2)c(C(N)=O)cc1OC. The number of benzene rings is 2. The molecular weight excluding hydrogens is 372 g/mol. The van der Waals surface area contributed by atoms with E-state index in [-0.39, 0.29) is 22.7 Å². The molecule has 0 saturated heterocycles. The number of anilines is 1. The minimum Gasteiger partial charge on any atom is -0.493 e. The Morgan fingerprint density at radius 3 is 2.15 bits per heavy atom. The van der Waals surface area contributed by atoms with Gasteiger partial charge in [-0.25, -0.2) is 4.39 Å². The molecule has 144 valence electrons. The van der Waals surface area contributed by atoms with Crippen molar-refractivity contribution in [3.63, 3.8) is 0 Å². The van der Waals surface area contributed by atoms with E-state index in [9.17, 15) is 27.2 Å². The topological polar surface area (TPSA) is 90.6 Å². The molecule has 6 nitrogen and oxygen atoms in total. The third kappa shape index (κ3) is 4.27. The zero-order chi connectivity index (χ0) is 20.4. The van der Waals surface area contributed by atoms with Crippen LogP contribution in [0.2, 0.25) is 0 Å². The summed E-state index contributed by atoms with van der Waals surface area (Å²) >= 11 is 0. The Morgan fingerprint density at radius 2 is 1.63 bits per heavy atom. The van der Waals surface area contributed by atoms with Gasteiger partial charge in [0.05, 0.1) is 31.0 Å². The standard InChI is InChI=1S/C17H14F4N2O4/c1-26-13-6-9(15(22)24)12(7-14(13)27-2)23-16(25)8-3-4-11(18)10(5-8)17(19,20)21/h3-7H,1-2H3,(H2,22,24)(H,23,25). The molecular formula is C17H14F4N2O4. The number of amides is 2. The van der Waals surface area contributed by atoms with Crippen LogP contribution in [0, 0.1) is 5.82 Å². The Balaban J connectivity index is 2.45. The zero-order valence-corrected chi connectivity index (χ0v) is 14.1. The molecule has 0 aliphatic heterocycles. The van der Waals surface area contributed by atoms with E-state index in [1.807, 2.05) is 0 Å². The summed E-state index contributed by atoms with van der Waals surface area (Å²) in [5.74, 6) is -3.13. The fraction of sp³-hybridized carbons (Fsp3) is 0.176. The molecule has 0 atom stereocenters. The Labute approximate surface area is 150 Å². The maximum atomic E-state index is 13.4. The number of primary amides is 1. The number of nitrogens with one attached hydrogen (secondary N) is 1. The van der Waals surface area contributed by atoms with Crippen molar-refractivity contribution in [2.24, 2.45) is 5.73 Å². The number of ether oxygens (including phenoxy) is 2. The Bertz CT molecular complexity index is 897. The maximum Gasteiger partial charge on any atom is 0.419 e. The van der Waals surface area contributed by atoms with Gasteiger partial charge in [-0.1, -0.05) is 0 Å².